The summed E-state index contributed by atoms with van der Waals surface area (Å²) in [5.74, 6) is -0.175. The number of amides is 2. The Morgan fingerprint density at radius 1 is 0.889 bits per heavy atom. The van der Waals surface area contributed by atoms with Crippen LogP contribution in [0.25, 0.3) is 0 Å². The normalized spacial score (nSPS) is 29.3. The van der Waals surface area contributed by atoms with Gasteiger partial charge in [-0.05, 0) is 56.2 Å². The van der Waals surface area contributed by atoms with Crippen molar-refractivity contribution in [2.45, 2.75) is 94.9 Å². The molecule has 5 heteroatoms. The van der Waals surface area contributed by atoms with Crippen LogP contribution in [-0.2, 0) is 6.54 Å². The molecule has 1 saturated carbocycles. The Kier molecular flexibility index (Phi) is 5.96. The quantitative estimate of drug-likeness (QED) is 0.824. The van der Waals surface area contributed by atoms with E-state index in [-0.39, 0.29) is 17.9 Å². The molecule has 2 atom stereocenters. The van der Waals surface area contributed by atoms with Crippen LogP contribution >= 0.6 is 0 Å². The number of halogens is 1. The van der Waals surface area contributed by atoms with Crippen LogP contribution in [0.5, 0.6) is 0 Å². The lowest BCUT2D eigenvalue weighted by atomic mass is 9.81. The van der Waals surface area contributed by atoms with Gasteiger partial charge in [-0.25, -0.2) is 9.18 Å². The number of hydrogen-bond acceptors (Lipinski definition) is 2. The fourth-order valence-electron chi connectivity index (χ4n) is 5.31. The van der Waals surface area contributed by atoms with Gasteiger partial charge in [0.15, 0.2) is 0 Å². The van der Waals surface area contributed by atoms with Crippen molar-refractivity contribution in [3.05, 3.63) is 35.6 Å². The summed E-state index contributed by atoms with van der Waals surface area (Å²) in [6.45, 7) is 0.886. The van der Waals surface area contributed by atoms with Crippen LogP contribution in [-0.4, -0.2) is 35.1 Å². The molecule has 2 unspecified atom stereocenters. The Morgan fingerprint density at radius 3 is 2.19 bits per heavy atom. The van der Waals surface area contributed by atoms with Gasteiger partial charge in [0.1, 0.15) is 5.82 Å². The van der Waals surface area contributed by atoms with E-state index in [0.717, 1.165) is 32.2 Å². The second-order valence-electron chi connectivity index (χ2n) is 8.66. The lowest BCUT2D eigenvalue weighted by Gasteiger charge is -2.49. The van der Waals surface area contributed by atoms with Crippen LogP contribution in [0.1, 0.15) is 69.8 Å². The van der Waals surface area contributed by atoms with Crippen molar-refractivity contribution in [1.29, 1.82) is 0 Å². The number of urea groups is 1. The Labute approximate surface area is 161 Å². The van der Waals surface area contributed by atoms with Crippen LogP contribution < -0.4 is 10.6 Å². The fraction of sp³-hybridized carbons (Fsp3) is 0.682. The first-order valence-corrected chi connectivity index (χ1v) is 10.7. The summed E-state index contributed by atoms with van der Waals surface area (Å²) in [6, 6.07) is 8.58. The van der Waals surface area contributed by atoms with Crippen molar-refractivity contribution in [3.8, 4) is 0 Å². The van der Waals surface area contributed by atoms with Gasteiger partial charge in [0.25, 0.3) is 0 Å². The molecule has 3 aliphatic rings. The molecule has 2 aliphatic heterocycles. The maximum atomic E-state index is 13.2. The molecule has 2 N–H and O–H groups in total. The van der Waals surface area contributed by atoms with E-state index < -0.39 is 0 Å². The number of benzene rings is 1. The van der Waals surface area contributed by atoms with Crippen LogP contribution in [0.2, 0.25) is 0 Å². The zero-order valence-corrected chi connectivity index (χ0v) is 16.1. The van der Waals surface area contributed by atoms with E-state index in [1.165, 1.54) is 44.1 Å². The van der Waals surface area contributed by atoms with E-state index >= 15 is 0 Å². The van der Waals surface area contributed by atoms with E-state index in [0.29, 0.717) is 18.1 Å². The standard InChI is InChI=1S/C22H32FN3O/c23-17-11-9-16(10-12-17)15-26-20-7-4-8-21(26)14-19(13-20)25-22(27)24-18-5-2-1-3-6-18/h9-12,18-21H,1-8,13-15H2,(H2,24,25,27). The van der Waals surface area contributed by atoms with Gasteiger partial charge in [0.2, 0.25) is 0 Å². The van der Waals surface area contributed by atoms with E-state index in [9.17, 15) is 9.18 Å². The Hall–Kier alpha value is -1.62. The first-order valence-electron chi connectivity index (χ1n) is 10.7. The summed E-state index contributed by atoms with van der Waals surface area (Å²) in [5, 5.41) is 6.45. The van der Waals surface area contributed by atoms with Crippen LogP contribution in [0.3, 0.4) is 0 Å². The summed E-state index contributed by atoms with van der Waals surface area (Å²) in [7, 11) is 0. The zero-order valence-electron chi connectivity index (χ0n) is 16.1. The number of nitrogens with one attached hydrogen (secondary N) is 2. The summed E-state index contributed by atoms with van der Waals surface area (Å²) >= 11 is 0. The molecule has 1 aromatic rings. The average Bonchev–Trinajstić information content (AvgIpc) is 2.65. The topological polar surface area (TPSA) is 44.4 Å². The molecule has 0 radical (unpaired) electrons. The number of carbonyl (C=O) groups excluding carboxylic acids is 1. The monoisotopic (exact) mass is 373 g/mol. The minimum atomic E-state index is -0.175. The first kappa shape index (κ1) is 18.7. The minimum Gasteiger partial charge on any atom is -0.335 e. The third-order valence-corrected chi connectivity index (χ3v) is 6.68. The molecule has 2 heterocycles. The van der Waals surface area contributed by atoms with E-state index in [1.54, 1.807) is 12.1 Å². The summed E-state index contributed by atoms with van der Waals surface area (Å²) in [6.07, 6.45) is 11.7. The second-order valence-corrected chi connectivity index (χ2v) is 8.66. The molecule has 27 heavy (non-hydrogen) atoms. The second kappa shape index (κ2) is 8.59. The summed E-state index contributed by atoms with van der Waals surface area (Å²) in [5.41, 5.74) is 1.18. The van der Waals surface area contributed by atoms with Gasteiger partial charge in [-0.15, -0.1) is 0 Å². The van der Waals surface area contributed by atoms with E-state index in [4.69, 9.17) is 0 Å². The van der Waals surface area contributed by atoms with Crippen molar-refractivity contribution in [2.75, 3.05) is 0 Å². The van der Waals surface area contributed by atoms with E-state index in [1.807, 2.05) is 12.1 Å². The average molecular weight is 374 g/mol. The first-order chi connectivity index (χ1) is 13.2. The number of carbonyl (C=O) groups is 1. The Bertz CT molecular complexity index is 615. The SMILES string of the molecule is O=C(NC1CCCCC1)NC1CC2CCCC(C1)N2Cc1ccc(F)cc1. The number of nitrogens with zero attached hydrogens (tertiary/aromatic N) is 1. The van der Waals surface area contributed by atoms with Crippen molar-refractivity contribution < 1.29 is 9.18 Å². The third kappa shape index (κ3) is 4.81. The van der Waals surface area contributed by atoms with Crippen LogP contribution in [0.15, 0.2) is 24.3 Å². The number of rotatable bonds is 4. The van der Waals surface area contributed by atoms with Gasteiger partial charge in [0.05, 0.1) is 0 Å². The van der Waals surface area contributed by atoms with Gasteiger partial charge < -0.3 is 10.6 Å². The molecule has 2 amide bonds. The largest absolute Gasteiger partial charge is 0.335 e. The predicted molar refractivity (Wildman–Crippen MR) is 105 cm³/mol. The highest BCUT2D eigenvalue weighted by molar-refractivity contribution is 5.74. The van der Waals surface area contributed by atoms with Crippen molar-refractivity contribution in [2.24, 2.45) is 0 Å². The molecule has 4 nitrogen and oxygen atoms in total. The van der Waals surface area contributed by atoms with Crippen molar-refractivity contribution >= 4 is 6.03 Å². The maximum absolute atomic E-state index is 13.2. The number of fused-ring (bicyclic) bond motifs is 2. The van der Waals surface area contributed by atoms with Gasteiger partial charge in [0, 0.05) is 30.7 Å². The van der Waals surface area contributed by atoms with Crippen LogP contribution in [0.4, 0.5) is 9.18 Å². The zero-order chi connectivity index (χ0) is 18.6. The predicted octanol–water partition coefficient (Wildman–Crippen LogP) is 4.34. The van der Waals surface area contributed by atoms with Crippen molar-refractivity contribution in [3.63, 3.8) is 0 Å². The molecule has 4 rings (SSSR count). The molecule has 1 aliphatic carbocycles. The van der Waals surface area contributed by atoms with Gasteiger partial charge in [-0.3, -0.25) is 4.90 Å². The number of piperidine rings is 2. The van der Waals surface area contributed by atoms with Gasteiger partial charge in [-0.2, -0.15) is 0 Å². The molecular weight excluding hydrogens is 341 g/mol. The molecule has 2 bridgehead atoms. The third-order valence-electron chi connectivity index (χ3n) is 6.68. The fourth-order valence-corrected chi connectivity index (χ4v) is 5.31. The number of hydrogen-bond donors (Lipinski definition) is 2. The van der Waals surface area contributed by atoms with Gasteiger partial charge >= 0.3 is 6.03 Å². The highest BCUT2D eigenvalue weighted by Crippen LogP contribution is 2.35. The highest BCUT2D eigenvalue weighted by atomic mass is 19.1. The molecular formula is C22H32FN3O. The van der Waals surface area contributed by atoms with Crippen LogP contribution in [0, 0.1) is 5.82 Å². The maximum Gasteiger partial charge on any atom is 0.315 e. The van der Waals surface area contributed by atoms with E-state index in [2.05, 4.69) is 15.5 Å². The Balaban J connectivity index is 1.32. The summed E-state index contributed by atoms with van der Waals surface area (Å²) in [4.78, 5) is 15.0. The minimum absolute atomic E-state index is 0.0250. The molecule has 0 spiro atoms. The lowest BCUT2D eigenvalue weighted by molar-refractivity contribution is 0.0196. The summed E-state index contributed by atoms with van der Waals surface area (Å²) < 4.78 is 13.2. The molecule has 1 aromatic carbocycles. The molecule has 148 valence electrons. The molecule has 2 saturated heterocycles. The smallest absolute Gasteiger partial charge is 0.315 e. The molecule has 3 fully saturated rings. The van der Waals surface area contributed by atoms with Gasteiger partial charge in [-0.1, -0.05) is 37.8 Å². The Morgan fingerprint density at radius 2 is 1.52 bits per heavy atom. The lowest BCUT2D eigenvalue weighted by Crippen LogP contribution is -2.58. The molecule has 0 aromatic heterocycles. The highest BCUT2D eigenvalue weighted by Gasteiger charge is 2.38. The van der Waals surface area contributed by atoms with Crippen molar-refractivity contribution in [1.82, 2.24) is 15.5 Å².